The van der Waals surface area contributed by atoms with E-state index in [0.29, 0.717) is 49.1 Å². The zero-order valence-corrected chi connectivity index (χ0v) is 20.5. The highest BCUT2D eigenvalue weighted by Gasteiger charge is 2.26. The molecule has 0 atom stereocenters. The second-order valence-corrected chi connectivity index (χ2v) is 9.35. The second-order valence-electron chi connectivity index (χ2n) is 9.35. The minimum Gasteiger partial charge on any atom is -0.444 e. The Hall–Kier alpha value is -4.21. The largest absolute Gasteiger partial charge is 0.444 e. The first-order chi connectivity index (χ1) is 17.2. The Morgan fingerprint density at radius 1 is 1.00 bits per heavy atom. The van der Waals surface area contributed by atoms with Gasteiger partial charge in [-0.3, -0.25) is 4.79 Å². The van der Waals surface area contributed by atoms with Crippen molar-refractivity contribution in [2.24, 2.45) is 0 Å². The van der Waals surface area contributed by atoms with Gasteiger partial charge in [0.1, 0.15) is 23.1 Å². The Morgan fingerprint density at radius 3 is 2.44 bits per heavy atom. The molecule has 0 unspecified atom stereocenters. The molecular formula is C26H29FN6O3. The molecule has 0 aliphatic carbocycles. The number of aromatic nitrogens is 2. The number of hydrogen-bond donors (Lipinski definition) is 2. The summed E-state index contributed by atoms with van der Waals surface area (Å²) < 4.78 is 19.0. The maximum atomic E-state index is 13.5. The highest BCUT2D eigenvalue weighted by molar-refractivity contribution is 6.07. The first kappa shape index (κ1) is 24.9. The van der Waals surface area contributed by atoms with E-state index in [1.54, 1.807) is 47.6 Å². The summed E-state index contributed by atoms with van der Waals surface area (Å²) in [7, 11) is 0. The molecule has 1 aliphatic rings. The van der Waals surface area contributed by atoms with Crippen LogP contribution in [0.5, 0.6) is 0 Å². The van der Waals surface area contributed by atoms with Gasteiger partial charge in [-0.25, -0.2) is 19.2 Å². The lowest BCUT2D eigenvalue weighted by Crippen LogP contribution is -2.50. The second kappa shape index (κ2) is 10.6. The molecule has 4 rings (SSSR count). The third-order valence-corrected chi connectivity index (χ3v) is 5.43. The van der Waals surface area contributed by atoms with Crippen molar-refractivity contribution in [1.82, 2.24) is 14.9 Å². The monoisotopic (exact) mass is 492 g/mol. The number of halogens is 1. The first-order valence-electron chi connectivity index (χ1n) is 11.7. The predicted octanol–water partition coefficient (Wildman–Crippen LogP) is 4.67. The van der Waals surface area contributed by atoms with Gasteiger partial charge in [-0.05, 0) is 63.2 Å². The van der Waals surface area contributed by atoms with E-state index < -0.39 is 17.3 Å². The normalized spacial score (nSPS) is 13.8. The number of hydrogen-bond acceptors (Lipinski definition) is 7. The number of carbonyl (C=O) groups is 2. The van der Waals surface area contributed by atoms with Crippen LogP contribution in [-0.4, -0.2) is 58.6 Å². The summed E-state index contributed by atoms with van der Waals surface area (Å²) in [6, 6.07) is 12.8. The average Bonchev–Trinajstić information content (AvgIpc) is 2.84. The quantitative estimate of drug-likeness (QED) is 0.534. The lowest BCUT2D eigenvalue weighted by Gasteiger charge is -2.36. The molecule has 2 aromatic heterocycles. The maximum Gasteiger partial charge on any atom is 0.410 e. The number of amides is 2. The molecule has 9 nitrogen and oxygen atoms in total. The van der Waals surface area contributed by atoms with E-state index in [1.807, 2.05) is 26.8 Å². The molecular weight excluding hydrogens is 463 g/mol. The highest BCUT2D eigenvalue weighted by atomic mass is 19.1. The van der Waals surface area contributed by atoms with Crippen molar-refractivity contribution < 1.29 is 18.7 Å². The lowest BCUT2D eigenvalue weighted by molar-refractivity contribution is 0.0240. The number of pyridine rings is 2. The molecule has 2 N–H and O–H groups in total. The van der Waals surface area contributed by atoms with Crippen molar-refractivity contribution >= 4 is 35.0 Å². The molecule has 36 heavy (non-hydrogen) atoms. The van der Waals surface area contributed by atoms with Gasteiger partial charge < -0.3 is 25.2 Å². The number of rotatable bonds is 5. The summed E-state index contributed by atoms with van der Waals surface area (Å²) in [6.07, 6.45) is 2.93. The maximum absolute atomic E-state index is 13.5. The number of nitrogens with one attached hydrogen (secondary N) is 2. The predicted molar refractivity (Wildman–Crippen MR) is 136 cm³/mol. The third-order valence-electron chi connectivity index (χ3n) is 5.43. The van der Waals surface area contributed by atoms with Crippen molar-refractivity contribution in [3.8, 4) is 0 Å². The van der Waals surface area contributed by atoms with Crippen molar-refractivity contribution in [2.45, 2.75) is 26.4 Å². The molecule has 0 radical (unpaired) electrons. The number of anilines is 4. The topological polar surface area (TPSA) is 99.7 Å². The van der Waals surface area contributed by atoms with Crippen LogP contribution in [0.1, 0.15) is 31.1 Å². The molecule has 0 saturated carbocycles. The third kappa shape index (κ3) is 6.47. The fourth-order valence-corrected chi connectivity index (χ4v) is 3.70. The summed E-state index contributed by atoms with van der Waals surface area (Å²) >= 11 is 0. The van der Waals surface area contributed by atoms with Crippen molar-refractivity contribution in [2.75, 3.05) is 41.7 Å². The Balaban J connectivity index is 1.36. The number of nitrogens with zero attached hydrogens (tertiary/aromatic N) is 4. The average molecular weight is 493 g/mol. The van der Waals surface area contributed by atoms with Gasteiger partial charge in [-0.15, -0.1) is 0 Å². The number of benzene rings is 1. The molecule has 3 heterocycles. The van der Waals surface area contributed by atoms with Crippen LogP contribution >= 0.6 is 0 Å². The summed E-state index contributed by atoms with van der Waals surface area (Å²) in [5.41, 5.74) is 1.15. The van der Waals surface area contributed by atoms with Crippen LogP contribution in [0.3, 0.4) is 0 Å². The van der Waals surface area contributed by atoms with E-state index in [4.69, 9.17) is 4.74 Å². The van der Waals surface area contributed by atoms with Gasteiger partial charge in [0.15, 0.2) is 0 Å². The van der Waals surface area contributed by atoms with Gasteiger partial charge in [0, 0.05) is 38.1 Å². The Bertz CT molecular complexity index is 1220. The summed E-state index contributed by atoms with van der Waals surface area (Å²) in [5, 5.41) is 5.76. The summed E-state index contributed by atoms with van der Waals surface area (Å²) in [6.45, 7) is 7.95. The van der Waals surface area contributed by atoms with Crippen molar-refractivity contribution in [1.29, 1.82) is 0 Å². The smallest absolute Gasteiger partial charge is 0.410 e. The van der Waals surface area contributed by atoms with E-state index in [-0.39, 0.29) is 6.09 Å². The number of piperazine rings is 1. The molecule has 0 bridgehead atoms. The zero-order valence-electron chi connectivity index (χ0n) is 20.5. The Kier molecular flexibility index (Phi) is 7.33. The van der Waals surface area contributed by atoms with Gasteiger partial charge in [0.05, 0.1) is 17.4 Å². The standard InChI is InChI=1S/C26H29FN6O3/c1-26(2,3)36-25(35)33-14-12-32(13-15-33)20-9-10-22(29-17-20)31-24(34)21-8-5-11-28-23(21)30-19-7-4-6-18(27)16-19/h4-11,16-17H,12-15H2,1-3H3,(H,28,30)(H,29,31,34). The van der Waals surface area contributed by atoms with Crippen LogP contribution in [0.2, 0.25) is 0 Å². The van der Waals surface area contributed by atoms with Gasteiger partial charge in [0.25, 0.3) is 5.91 Å². The fourth-order valence-electron chi connectivity index (χ4n) is 3.70. The highest BCUT2D eigenvalue weighted by Crippen LogP contribution is 2.22. The zero-order chi connectivity index (χ0) is 25.7. The van der Waals surface area contributed by atoms with E-state index in [0.717, 1.165) is 5.69 Å². The van der Waals surface area contributed by atoms with E-state index in [9.17, 15) is 14.0 Å². The fraction of sp³-hybridized carbons (Fsp3) is 0.308. The van der Waals surface area contributed by atoms with Crippen molar-refractivity contribution in [3.63, 3.8) is 0 Å². The Labute approximate surface area is 209 Å². The van der Waals surface area contributed by atoms with Crippen LogP contribution in [-0.2, 0) is 4.74 Å². The van der Waals surface area contributed by atoms with Gasteiger partial charge >= 0.3 is 6.09 Å². The summed E-state index contributed by atoms with van der Waals surface area (Å²) in [5.74, 6) is -0.0949. The molecule has 1 aromatic carbocycles. The summed E-state index contributed by atoms with van der Waals surface area (Å²) in [4.78, 5) is 37.6. The molecule has 1 saturated heterocycles. The van der Waals surface area contributed by atoms with Crippen LogP contribution in [0.4, 0.5) is 32.2 Å². The molecule has 10 heteroatoms. The van der Waals surface area contributed by atoms with Crippen LogP contribution in [0.15, 0.2) is 60.9 Å². The van der Waals surface area contributed by atoms with Crippen LogP contribution in [0, 0.1) is 5.82 Å². The molecule has 2 amide bonds. The molecule has 188 valence electrons. The van der Waals surface area contributed by atoms with Gasteiger partial charge in [0.2, 0.25) is 0 Å². The van der Waals surface area contributed by atoms with E-state index in [2.05, 4.69) is 25.5 Å². The van der Waals surface area contributed by atoms with Crippen LogP contribution in [0.25, 0.3) is 0 Å². The molecule has 1 fully saturated rings. The van der Waals surface area contributed by atoms with Crippen LogP contribution < -0.4 is 15.5 Å². The number of ether oxygens (including phenoxy) is 1. The molecule has 3 aromatic rings. The van der Waals surface area contributed by atoms with E-state index in [1.165, 1.54) is 12.1 Å². The van der Waals surface area contributed by atoms with Gasteiger partial charge in [-0.1, -0.05) is 6.07 Å². The minimum atomic E-state index is -0.523. The van der Waals surface area contributed by atoms with Crippen molar-refractivity contribution in [3.05, 3.63) is 72.3 Å². The Morgan fingerprint density at radius 2 is 1.78 bits per heavy atom. The van der Waals surface area contributed by atoms with E-state index >= 15 is 0 Å². The SMILES string of the molecule is CC(C)(C)OC(=O)N1CCN(c2ccc(NC(=O)c3cccnc3Nc3cccc(F)c3)nc2)CC1. The lowest BCUT2D eigenvalue weighted by atomic mass is 10.2. The molecule has 1 aliphatic heterocycles. The number of carbonyl (C=O) groups excluding carboxylic acids is 2. The minimum absolute atomic E-state index is 0.297. The van der Waals surface area contributed by atoms with Gasteiger partial charge in [-0.2, -0.15) is 0 Å². The first-order valence-corrected chi connectivity index (χ1v) is 11.7. The molecule has 0 spiro atoms.